The van der Waals surface area contributed by atoms with Gasteiger partial charge in [0.2, 0.25) is 15.9 Å². The van der Waals surface area contributed by atoms with Crippen LogP contribution in [0, 0.1) is 9.49 Å². The fraction of sp³-hybridized carbons (Fsp3) is 0.400. The zero-order chi connectivity index (χ0) is 13.3. The number of nitrogens with zero attached hydrogens (tertiary/aromatic N) is 2. The van der Waals surface area contributed by atoms with Gasteiger partial charge in [0.15, 0.2) is 0 Å². The number of amides is 1. The Hall–Kier alpha value is -0.740. The maximum atomic E-state index is 11.9. The van der Waals surface area contributed by atoms with Crippen LogP contribution in [0.5, 0.6) is 0 Å². The molecule has 0 aliphatic carbocycles. The first-order valence-corrected chi connectivity index (χ1v) is 8.06. The van der Waals surface area contributed by atoms with Gasteiger partial charge in [-0.2, -0.15) is 0 Å². The average Bonchev–Trinajstić information content (AvgIpc) is 2.57. The molecule has 1 aliphatic heterocycles. The summed E-state index contributed by atoms with van der Waals surface area (Å²) in [6.45, 7) is 0.372. The molecule has 1 fully saturated rings. The van der Waals surface area contributed by atoms with Gasteiger partial charge in [0.05, 0.1) is 17.6 Å². The van der Waals surface area contributed by atoms with E-state index in [4.69, 9.17) is 5.14 Å². The maximum absolute atomic E-state index is 11.9. The number of pyridine rings is 1. The van der Waals surface area contributed by atoms with Crippen LogP contribution < -0.4 is 10.0 Å². The third kappa shape index (κ3) is 3.18. The average molecular weight is 381 g/mol. The van der Waals surface area contributed by atoms with Crippen molar-refractivity contribution in [3.05, 3.63) is 22.0 Å². The number of carbonyl (C=O) groups excluding carboxylic acids is 1. The molecule has 2 N–H and O–H groups in total. The molecule has 98 valence electrons. The number of primary sulfonamides is 1. The Bertz CT molecular complexity index is 575. The molecule has 1 aliphatic rings. The number of rotatable bonds is 3. The first-order valence-electron chi connectivity index (χ1n) is 5.27. The minimum Gasteiger partial charge on any atom is -0.310 e. The summed E-state index contributed by atoms with van der Waals surface area (Å²) in [5.41, 5.74) is 0.722. The molecule has 2 rings (SSSR count). The molecule has 1 aromatic rings. The predicted molar refractivity (Wildman–Crippen MR) is 75.4 cm³/mol. The Balaban J connectivity index is 2.18. The molecule has 18 heavy (non-hydrogen) atoms. The lowest BCUT2D eigenvalue weighted by Crippen LogP contribution is -2.28. The van der Waals surface area contributed by atoms with Gasteiger partial charge in [-0.05, 0) is 28.7 Å². The van der Waals surface area contributed by atoms with Gasteiger partial charge in [0.1, 0.15) is 0 Å². The Morgan fingerprint density at radius 3 is 2.89 bits per heavy atom. The van der Waals surface area contributed by atoms with Crippen LogP contribution in [-0.4, -0.2) is 31.6 Å². The standard InChI is InChI=1S/C10H12IN3O3S/c11-8-1-2-13-4-9(8)14-5-7(3-10(14)15)6-18(12,16)17/h1-2,4,7H,3,5-6H2,(H2,12,16,17). The number of sulfonamides is 1. The van der Waals surface area contributed by atoms with Crippen LogP contribution in [0.3, 0.4) is 0 Å². The second kappa shape index (κ2) is 5.10. The monoisotopic (exact) mass is 381 g/mol. The molecule has 1 unspecified atom stereocenters. The van der Waals surface area contributed by atoms with E-state index in [0.29, 0.717) is 6.54 Å². The van der Waals surface area contributed by atoms with Crippen LogP contribution in [0.15, 0.2) is 18.5 Å². The van der Waals surface area contributed by atoms with Crippen molar-refractivity contribution in [3.8, 4) is 0 Å². The largest absolute Gasteiger partial charge is 0.310 e. The smallest absolute Gasteiger partial charge is 0.227 e. The minimum absolute atomic E-state index is 0.0884. The summed E-state index contributed by atoms with van der Waals surface area (Å²) in [6.07, 6.45) is 3.47. The summed E-state index contributed by atoms with van der Waals surface area (Å²) in [4.78, 5) is 17.4. The van der Waals surface area contributed by atoms with Crippen molar-refractivity contribution in [2.45, 2.75) is 6.42 Å². The van der Waals surface area contributed by atoms with E-state index >= 15 is 0 Å². The lowest BCUT2D eigenvalue weighted by Gasteiger charge is -2.17. The van der Waals surface area contributed by atoms with Crippen molar-refractivity contribution in [2.24, 2.45) is 11.1 Å². The molecule has 0 aromatic carbocycles. The molecule has 0 radical (unpaired) electrons. The number of halogens is 1. The molecule has 2 heterocycles. The fourth-order valence-electron chi connectivity index (χ4n) is 2.02. The second-order valence-electron chi connectivity index (χ2n) is 4.23. The van der Waals surface area contributed by atoms with E-state index in [2.05, 4.69) is 27.6 Å². The van der Waals surface area contributed by atoms with Gasteiger partial charge < -0.3 is 4.90 Å². The SMILES string of the molecule is NS(=O)(=O)CC1CC(=O)N(c2cnccc2I)C1. The van der Waals surface area contributed by atoms with Crippen molar-refractivity contribution in [1.82, 2.24) is 4.98 Å². The number of aromatic nitrogens is 1. The third-order valence-corrected chi connectivity index (χ3v) is 4.56. The van der Waals surface area contributed by atoms with E-state index in [9.17, 15) is 13.2 Å². The van der Waals surface area contributed by atoms with Gasteiger partial charge in [-0.3, -0.25) is 9.78 Å². The number of anilines is 1. The van der Waals surface area contributed by atoms with Gasteiger partial charge >= 0.3 is 0 Å². The van der Waals surface area contributed by atoms with Crippen LogP contribution >= 0.6 is 22.6 Å². The summed E-state index contributed by atoms with van der Waals surface area (Å²) in [6, 6.07) is 1.80. The second-order valence-corrected chi connectivity index (χ2v) is 7.05. The number of carbonyl (C=O) groups is 1. The predicted octanol–water partition coefficient (Wildman–Crippen LogP) is 0.328. The zero-order valence-corrected chi connectivity index (χ0v) is 12.4. The molecule has 1 aromatic heterocycles. The maximum Gasteiger partial charge on any atom is 0.227 e. The Labute approximate surface area is 119 Å². The third-order valence-electron chi connectivity index (χ3n) is 2.71. The number of hydrogen-bond donors (Lipinski definition) is 1. The summed E-state index contributed by atoms with van der Waals surface area (Å²) in [5.74, 6) is -0.496. The molecular weight excluding hydrogens is 369 g/mol. The Morgan fingerprint density at radius 2 is 2.28 bits per heavy atom. The zero-order valence-electron chi connectivity index (χ0n) is 9.41. The number of hydrogen-bond acceptors (Lipinski definition) is 4. The first-order chi connectivity index (χ1) is 8.37. The van der Waals surface area contributed by atoms with E-state index in [0.717, 1.165) is 9.26 Å². The molecule has 1 atom stereocenters. The van der Waals surface area contributed by atoms with Crippen LogP contribution in [0.1, 0.15) is 6.42 Å². The highest BCUT2D eigenvalue weighted by Crippen LogP contribution is 2.28. The molecule has 8 heteroatoms. The highest BCUT2D eigenvalue weighted by atomic mass is 127. The summed E-state index contributed by atoms with van der Waals surface area (Å²) in [5, 5.41) is 5.00. The van der Waals surface area contributed by atoms with E-state index < -0.39 is 10.0 Å². The lowest BCUT2D eigenvalue weighted by atomic mass is 10.1. The Morgan fingerprint density at radius 1 is 1.56 bits per heavy atom. The van der Waals surface area contributed by atoms with Gasteiger partial charge in [-0.1, -0.05) is 0 Å². The van der Waals surface area contributed by atoms with Crippen molar-refractivity contribution in [2.75, 3.05) is 17.2 Å². The summed E-state index contributed by atoms with van der Waals surface area (Å²) < 4.78 is 23.0. The topological polar surface area (TPSA) is 93.4 Å². The van der Waals surface area contributed by atoms with Crippen molar-refractivity contribution < 1.29 is 13.2 Å². The highest BCUT2D eigenvalue weighted by Gasteiger charge is 2.33. The molecule has 6 nitrogen and oxygen atoms in total. The Kier molecular flexibility index (Phi) is 3.87. The molecule has 1 saturated heterocycles. The quantitative estimate of drug-likeness (QED) is 0.764. The normalized spacial score (nSPS) is 20.4. The minimum atomic E-state index is -3.54. The number of nitrogens with two attached hydrogens (primary N) is 1. The van der Waals surface area contributed by atoms with Crippen LogP contribution in [0.25, 0.3) is 0 Å². The van der Waals surface area contributed by atoms with E-state index in [-0.39, 0.29) is 24.0 Å². The molecule has 0 bridgehead atoms. The van der Waals surface area contributed by atoms with Gasteiger partial charge in [-0.15, -0.1) is 0 Å². The van der Waals surface area contributed by atoms with Gasteiger partial charge in [0.25, 0.3) is 0 Å². The molecule has 0 saturated carbocycles. The van der Waals surface area contributed by atoms with Crippen LogP contribution in [-0.2, 0) is 14.8 Å². The van der Waals surface area contributed by atoms with E-state index in [1.54, 1.807) is 23.4 Å². The molecule has 1 amide bonds. The molecular formula is C10H12IN3O3S. The van der Waals surface area contributed by atoms with E-state index in [1.807, 2.05) is 0 Å². The van der Waals surface area contributed by atoms with Crippen molar-refractivity contribution in [3.63, 3.8) is 0 Å². The molecule has 0 spiro atoms. The van der Waals surface area contributed by atoms with Crippen molar-refractivity contribution in [1.29, 1.82) is 0 Å². The van der Waals surface area contributed by atoms with Gasteiger partial charge in [-0.25, -0.2) is 13.6 Å². The fourth-order valence-corrected chi connectivity index (χ4v) is 3.49. The van der Waals surface area contributed by atoms with Gasteiger partial charge in [0, 0.05) is 28.7 Å². The summed E-state index contributed by atoms with van der Waals surface area (Å²) in [7, 11) is -3.54. The highest BCUT2D eigenvalue weighted by molar-refractivity contribution is 14.1. The van der Waals surface area contributed by atoms with Crippen LogP contribution in [0.4, 0.5) is 5.69 Å². The summed E-state index contributed by atoms with van der Waals surface area (Å²) >= 11 is 2.12. The van der Waals surface area contributed by atoms with E-state index in [1.165, 1.54) is 0 Å². The lowest BCUT2D eigenvalue weighted by molar-refractivity contribution is -0.117. The first kappa shape index (κ1) is 13.7. The van der Waals surface area contributed by atoms with Crippen molar-refractivity contribution >= 4 is 44.2 Å². The van der Waals surface area contributed by atoms with Crippen LogP contribution in [0.2, 0.25) is 0 Å².